The first-order valence-corrected chi connectivity index (χ1v) is 5.80. The molecule has 0 aromatic heterocycles. The number of nitrogens with one attached hydrogen (secondary N) is 3. The predicted molar refractivity (Wildman–Crippen MR) is 71.5 cm³/mol. The zero-order valence-electron chi connectivity index (χ0n) is 11.0. The molecule has 5 nitrogen and oxygen atoms in total. The van der Waals surface area contributed by atoms with Gasteiger partial charge in [-0.2, -0.15) is 0 Å². The summed E-state index contributed by atoms with van der Waals surface area (Å²) in [5.74, 6) is -0.307. The molecule has 0 aliphatic carbocycles. The molecule has 1 rings (SSSR count). The topological polar surface area (TPSA) is 70.2 Å². The normalized spacial score (nSPS) is 9.94. The van der Waals surface area contributed by atoms with Gasteiger partial charge in [0.15, 0.2) is 0 Å². The minimum atomic E-state index is -0.163. The minimum absolute atomic E-state index is 0.112. The number of hydrogen-bond acceptors (Lipinski definition) is 3. The summed E-state index contributed by atoms with van der Waals surface area (Å²) in [6, 6.07) is 5.85. The fourth-order valence-electron chi connectivity index (χ4n) is 1.63. The van der Waals surface area contributed by atoms with E-state index in [1.807, 2.05) is 32.0 Å². The molecule has 0 spiro atoms. The van der Waals surface area contributed by atoms with E-state index >= 15 is 0 Å². The van der Waals surface area contributed by atoms with Crippen LogP contribution in [0.5, 0.6) is 0 Å². The molecule has 0 saturated heterocycles. The van der Waals surface area contributed by atoms with Gasteiger partial charge in [0.05, 0.1) is 13.1 Å². The van der Waals surface area contributed by atoms with Crippen molar-refractivity contribution in [2.24, 2.45) is 0 Å². The third-order valence-electron chi connectivity index (χ3n) is 2.36. The van der Waals surface area contributed by atoms with E-state index in [0.29, 0.717) is 0 Å². The van der Waals surface area contributed by atoms with E-state index < -0.39 is 0 Å². The van der Waals surface area contributed by atoms with Crippen molar-refractivity contribution in [3.8, 4) is 0 Å². The van der Waals surface area contributed by atoms with E-state index in [1.54, 1.807) is 7.05 Å². The van der Waals surface area contributed by atoms with Crippen molar-refractivity contribution >= 4 is 17.5 Å². The molecule has 3 N–H and O–H groups in total. The number of benzene rings is 1. The molecule has 0 radical (unpaired) electrons. The summed E-state index contributed by atoms with van der Waals surface area (Å²) < 4.78 is 0. The molecule has 0 atom stereocenters. The number of anilines is 1. The Morgan fingerprint density at radius 1 is 1.00 bits per heavy atom. The Balaban J connectivity index is 2.42. The van der Waals surface area contributed by atoms with Gasteiger partial charge >= 0.3 is 0 Å². The Bertz CT molecular complexity index is 424. The highest BCUT2D eigenvalue weighted by atomic mass is 16.2. The van der Waals surface area contributed by atoms with Crippen LogP contribution in [0.15, 0.2) is 18.2 Å². The van der Waals surface area contributed by atoms with Crippen molar-refractivity contribution in [2.75, 3.05) is 25.5 Å². The quantitative estimate of drug-likeness (QED) is 0.715. The van der Waals surface area contributed by atoms with Gasteiger partial charge in [-0.25, -0.2) is 0 Å². The first kappa shape index (κ1) is 14.2. The molecular weight excluding hydrogens is 230 g/mol. The second-order valence-corrected chi connectivity index (χ2v) is 4.20. The highest BCUT2D eigenvalue weighted by Gasteiger charge is 2.04. The Morgan fingerprint density at radius 2 is 1.56 bits per heavy atom. The molecular formula is C13H19N3O2. The van der Waals surface area contributed by atoms with Gasteiger partial charge in [-0.1, -0.05) is 6.07 Å². The van der Waals surface area contributed by atoms with Crippen molar-refractivity contribution in [2.45, 2.75) is 13.8 Å². The monoisotopic (exact) mass is 249 g/mol. The molecule has 1 aromatic carbocycles. The molecule has 0 fully saturated rings. The summed E-state index contributed by atoms with van der Waals surface area (Å²) in [7, 11) is 1.56. The number of rotatable bonds is 5. The lowest BCUT2D eigenvalue weighted by molar-refractivity contribution is -0.119. The van der Waals surface area contributed by atoms with Gasteiger partial charge in [-0.15, -0.1) is 0 Å². The number of likely N-dealkylation sites (N-methyl/N-ethyl adjacent to an activating group) is 1. The number of amides is 2. The van der Waals surface area contributed by atoms with Crippen LogP contribution in [0.25, 0.3) is 0 Å². The molecule has 0 bridgehead atoms. The van der Waals surface area contributed by atoms with E-state index in [0.717, 1.165) is 16.8 Å². The summed E-state index contributed by atoms with van der Waals surface area (Å²) in [4.78, 5) is 22.5. The lowest BCUT2D eigenvalue weighted by atomic mass is 10.1. The van der Waals surface area contributed by atoms with E-state index in [1.165, 1.54) is 0 Å². The third kappa shape index (κ3) is 4.97. The molecule has 1 aromatic rings. The predicted octanol–water partition coefficient (Wildman–Crippen LogP) is 0.578. The number of carbonyl (C=O) groups excluding carboxylic acids is 2. The van der Waals surface area contributed by atoms with Crippen molar-refractivity contribution in [1.82, 2.24) is 10.6 Å². The van der Waals surface area contributed by atoms with Crippen LogP contribution in [0.1, 0.15) is 11.1 Å². The van der Waals surface area contributed by atoms with Gasteiger partial charge in [0.1, 0.15) is 0 Å². The van der Waals surface area contributed by atoms with Crippen LogP contribution in [0.3, 0.4) is 0 Å². The second-order valence-electron chi connectivity index (χ2n) is 4.20. The molecule has 5 heteroatoms. The highest BCUT2D eigenvalue weighted by Crippen LogP contribution is 2.13. The molecule has 0 aliphatic heterocycles. The van der Waals surface area contributed by atoms with Crippen LogP contribution in [0, 0.1) is 13.8 Å². The van der Waals surface area contributed by atoms with Gasteiger partial charge in [-0.3, -0.25) is 14.9 Å². The van der Waals surface area contributed by atoms with Gasteiger partial charge in [0, 0.05) is 12.7 Å². The number of hydrogen-bond donors (Lipinski definition) is 3. The van der Waals surface area contributed by atoms with Crippen molar-refractivity contribution in [3.05, 3.63) is 29.3 Å². The maximum atomic E-state index is 11.6. The maximum Gasteiger partial charge on any atom is 0.238 e. The van der Waals surface area contributed by atoms with Crippen LogP contribution in [-0.2, 0) is 9.59 Å². The average Bonchev–Trinajstić information content (AvgIpc) is 2.27. The van der Waals surface area contributed by atoms with Crippen LogP contribution in [-0.4, -0.2) is 32.0 Å². The Labute approximate surface area is 107 Å². The summed E-state index contributed by atoms with van der Waals surface area (Å²) in [6.07, 6.45) is 0. The molecule has 18 heavy (non-hydrogen) atoms. The highest BCUT2D eigenvalue weighted by molar-refractivity contribution is 5.92. The Hall–Kier alpha value is -1.88. The summed E-state index contributed by atoms with van der Waals surface area (Å²) >= 11 is 0. The van der Waals surface area contributed by atoms with Gasteiger partial charge in [-0.05, 0) is 37.1 Å². The summed E-state index contributed by atoms with van der Waals surface area (Å²) in [5.41, 5.74) is 2.98. The first-order valence-electron chi connectivity index (χ1n) is 5.80. The number of aryl methyl sites for hydroxylation is 2. The van der Waals surface area contributed by atoms with E-state index in [9.17, 15) is 9.59 Å². The molecule has 2 amide bonds. The first-order chi connectivity index (χ1) is 8.51. The SMILES string of the molecule is CNC(=O)CNCC(=O)Nc1cc(C)cc(C)c1. The lowest BCUT2D eigenvalue weighted by Crippen LogP contribution is -2.36. The smallest absolute Gasteiger partial charge is 0.238 e. The zero-order chi connectivity index (χ0) is 13.5. The molecule has 0 aliphatic rings. The Kier molecular flexibility index (Phi) is 5.32. The zero-order valence-corrected chi connectivity index (χ0v) is 11.0. The van der Waals surface area contributed by atoms with Crippen molar-refractivity contribution in [3.63, 3.8) is 0 Å². The minimum Gasteiger partial charge on any atom is -0.358 e. The standard InChI is InChI=1S/C13H19N3O2/c1-9-4-10(2)6-11(5-9)16-13(18)8-15-7-12(17)14-3/h4-6,15H,7-8H2,1-3H3,(H,14,17)(H,16,18). The molecule has 98 valence electrons. The van der Waals surface area contributed by atoms with Crippen LogP contribution in [0.2, 0.25) is 0 Å². The summed E-state index contributed by atoms with van der Waals surface area (Å²) in [6.45, 7) is 4.20. The molecule has 0 unspecified atom stereocenters. The largest absolute Gasteiger partial charge is 0.358 e. The van der Waals surface area contributed by atoms with E-state index in [4.69, 9.17) is 0 Å². The van der Waals surface area contributed by atoms with Gasteiger partial charge in [0.25, 0.3) is 0 Å². The van der Waals surface area contributed by atoms with Crippen LogP contribution < -0.4 is 16.0 Å². The molecule has 0 heterocycles. The maximum absolute atomic E-state index is 11.6. The second kappa shape index (κ2) is 6.76. The van der Waals surface area contributed by atoms with E-state index in [2.05, 4.69) is 16.0 Å². The van der Waals surface area contributed by atoms with Crippen LogP contribution in [0.4, 0.5) is 5.69 Å². The fourth-order valence-corrected chi connectivity index (χ4v) is 1.63. The van der Waals surface area contributed by atoms with Gasteiger partial charge in [0.2, 0.25) is 11.8 Å². The fraction of sp³-hybridized carbons (Fsp3) is 0.385. The van der Waals surface area contributed by atoms with E-state index in [-0.39, 0.29) is 24.9 Å². The van der Waals surface area contributed by atoms with Gasteiger partial charge < -0.3 is 10.6 Å². The van der Waals surface area contributed by atoms with Crippen molar-refractivity contribution in [1.29, 1.82) is 0 Å². The van der Waals surface area contributed by atoms with Crippen LogP contribution >= 0.6 is 0 Å². The summed E-state index contributed by atoms with van der Waals surface area (Å²) in [5, 5.41) is 8.01. The number of carbonyl (C=O) groups is 2. The average molecular weight is 249 g/mol. The lowest BCUT2D eigenvalue weighted by Gasteiger charge is -2.08. The third-order valence-corrected chi connectivity index (χ3v) is 2.36. The van der Waals surface area contributed by atoms with Crippen molar-refractivity contribution < 1.29 is 9.59 Å². The molecule has 0 saturated carbocycles. The Morgan fingerprint density at radius 3 is 2.11 bits per heavy atom.